The summed E-state index contributed by atoms with van der Waals surface area (Å²) in [6.45, 7) is 8.28. The molecule has 0 aromatic rings. The fourth-order valence-electron chi connectivity index (χ4n) is 1.70. The highest BCUT2D eigenvalue weighted by Gasteiger charge is 2.20. The van der Waals surface area contributed by atoms with Crippen molar-refractivity contribution < 1.29 is 4.79 Å². The van der Waals surface area contributed by atoms with Gasteiger partial charge < -0.3 is 10.2 Å². The average Bonchev–Trinajstić information content (AvgIpc) is 2.69. The van der Waals surface area contributed by atoms with Gasteiger partial charge in [-0.1, -0.05) is 20.3 Å². The second kappa shape index (κ2) is 5.23. The summed E-state index contributed by atoms with van der Waals surface area (Å²) >= 11 is 0. The maximum atomic E-state index is 11.7. The van der Waals surface area contributed by atoms with Gasteiger partial charge in [-0.3, -0.25) is 0 Å². The number of nitrogens with zero attached hydrogens (tertiary/aromatic N) is 1. The molecular weight excluding hydrogens is 176 g/mol. The minimum Gasteiger partial charge on any atom is -0.335 e. The van der Waals surface area contributed by atoms with E-state index < -0.39 is 0 Å². The summed E-state index contributed by atoms with van der Waals surface area (Å²) in [6, 6.07) is 0.406. The zero-order chi connectivity index (χ0) is 10.6. The molecule has 0 aromatic carbocycles. The van der Waals surface area contributed by atoms with Crippen LogP contribution < -0.4 is 5.32 Å². The van der Waals surface area contributed by atoms with Crippen molar-refractivity contribution >= 4 is 6.03 Å². The molecule has 3 heteroatoms. The largest absolute Gasteiger partial charge is 0.335 e. The Morgan fingerprint density at radius 2 is 1.93 bits per heavy atom. The molecule has 1 aliphatic rings. The molecule has 1 N–H and O–H groups in total. The molecule has 0 aromatic heterocycles. The lowest BCUT2D eigenvalue weighted by Gasteiger charge is -2.23. The van der Waals surface area contributed by atoms with Crippen LogP contribution in [-0.4, -0.2) is 30.1 Å². The van der Waals surface area contributed by atoms with Gasteiger partial charge in [0.15, 0.2) is 0 Å². The Balaban J connectivity index is 2.31. The molecule has 1 rings (SSSR count). The maximum Gasteiger partial charge on any atom is 0.317 e. The number of rotatable bonds is 3. The van der Waals surface area contributed by atoms with Crippen molar-refractivity contribution in [2.24, 2.45) is 5.92 Å². The molecule has 1 saturated heterocycles. The van der Waals surface area contributed by atoms with Crippen LogP contribution in [0.25, 0.3) is 0 Å². The van der Waals surface area contributed by atoms with E-state index in [4.69, 9.17) is 0 Å². The monoisotopic (exact) mass is 198 g/mol. The SMILES string of the molecule is CCC(C)C(C)NC(=O)N1CCCC1. The summed E-state index contributed by atoms with van der Waals surface area (Å²) < 4.78 is 0. The quantitative estimate of drug-likeness (QED) is 0.741. The van der Waals surface area contributed by atoms with Crippen LogP contribution in [0.1, 0.15) is 40.0 Å². The van der Waals surface area contributed by atoms with Crippen LogP contribution in [0, 0.1) is 5.92 Å². The van der Waals surface area contributed by atoms with Crippen LogP contribution in [0.3, 0.4) is 0 Å². The highest BCUT2D eigenvalue weighted by atomic mass is 16.2. The Morgan fingerprint density at radius 1 is 1.36 bits per heavy atom. The lowest BCUT2D eigenvalue weighted by atomic mass is 10.0. The molecule has 3 nitrogen and oxygen atoms in total. The van der Waals surface area contributed by atoms with Gasteiger partial charge in [0.1, 0.15) is 0 Å². The Labute approximate surface area is 86.9 Å². The van der Waals surface area contributed by atoms with E-state index in [1.54, 1.807) is 0 Å². The van der Waals surface area contributed by atoms with Gasteiger partial charge in [0, 0.05) is 19.1 Å². The first-order valence-electron chi connectivity index (χ1n) is 5.70. The molecule has 0 spiro atoms. The lowest BCUT2D eigenvalue weighted by Crippen LogP contribution is -2.44. The van der Waals surface area contributed by atoms with Gasteiger partial charge in [0.25, 0.3) is 0 Å². The lowest BCUT2D eigenvalue weighted by molar-refractivity contribution is 0.201. The average molecular weight is 198 g/mol. The first-order chi connectivity index (χ1) is 6.65. The van der Waals surface area contributed by atoms with E-state index in [0.29, 0.717) is 5.92 Å². The minimum atomic E-state index is 0.121. The first-order valence-corrected chi connectivity index (χ1v) is 5.70. The number of hydrogen-bond acceptors (Lipinski definition) is 1. The van der Waals surface area contributed by atoms with E-state index >= 15 is 0 Å². The summed E-state index contributed by atoms with van der Waals surface area (Å²) in [4.78, 5) is 13.6. The molecule has 2 unspecified atom stereocenters. The Kier molecular flexibility index (Phi) is 4.23. The number of carbonyl (C=O) groups is 1. The van der Waals surface area contributed by atoms with Crippen molar-refractivity contribution in [1.29, 1.82) is 0 Å². The second-order valence-corrected chi connectivity index (χ2v) is 4.32. The van der Waals surface area contributed by atoms with Crippen LogP contribution >= 0.6 is 0 Å². The Bertz CT molecular complexity index is 188. The third kappa shape index (κ3) is 2.89. The normalized spacial score (nSPS) is 20.6. The molecule has 2 atom stereocenters. The van der Waals surface area contributed by atoms with E-state index in [1.165, 1.54) is 0 Å². The van der Waals surface area contributed by atoms with E-state index in [1.807, 2.05) is 4.90 Å². The second-order valence-electron chi connectivity index (χ2n) is 4.32. The van der Waals surface area contributed by atoms with E-state index in [0.717, 1.165) is 32.4 Å². The van der Waals surface area contributed by atoms with E-state index in [9.17, 15) is 4.79 Å². The van der Waals surface area contributed by atoms with E-state index in [-0.39, 0.29) is 12.1 Å². The molecule has 82 valence electrons. The number of amides is 2. The van der Waals surface area contributed by atoms with Gasteiger partial charge in [0.2, 0.25) is 0 Å². The van der Waals surface area contributed by atoms with Gasteiger partial charge in [-0.2, -0.15) is 0 Å². The van der Waals surface area contributed by atoms with Crippen molar-refractivity contribution in [3.05, 3.63) is 0 Å². The van der Waals surface area contributed by atoms with Gasteiger partial charge >= 0.3 is 6.03 Å². The van der Waals surface area contributed by atoms with Crippen molar-refractivity contribution in [1.82, 2.24) is 10.2 Å². The Hall–Kier alpha value is -0.730. The fourth-order valence-corrected chi connectivity index (χ4v) is 1.70. The fraction of sp³-hybridized carbons (Fsp3) is 0.909. The molecule has 0 radical (unpaired) electrons. The van der Waals surface area contributed by atoms with Gasteiger partial charge in [-0.15, -0.1) is 0 Å². The number of carbonyl (C=O) groups excluding carboxylic acids is 1. The topological polar surface area (TPSA) is 32.3 Å². The van der Waals surface area contributed by atoms with Crippen LogP contribution in [0.5, 0.6) is 0 Å². The van der Waals surface area contributed by atoms with Crippen LogP contribution in [0.15, 0.2) is 0 Å². The highest BCUT2D eigenvalue weighted by molar-refractivity contribution is 5.74. The number of hydrogen-bond donors (Lipinski definition) is 1. The van der Waals surface area contributed by atoms with Gasteiger partial charge in [-0.05, 0) is 25.7 Å². The maximum absolute atomic E-state index is 11.7. The highest BCUT2D eigenvalue weighted by Crippen LogP contribution is 2.10. The molecule has 2 amide bonds. The van der Waals surface area contributed by atoms with Gasteiger partial charge in [0.05, 0.1) is 0 Å². The van der Waals surface area contributed by atoms with Crippen molar-refractivity contribution in [3.8, 4) is 0 Å². The summed E-state index contributed by atoms with van der Waals surface area (Å²) in [5.41, 5.74) is 0. The number of urea groups is 1. The summed E-state index contributed by atoms with van der Waals surface area (Å²) in [6.07, 6.45) is 3.43. The van der Waals surface area contributed by atoms with Crippen LogP contribution in [0.4, 0.5) is 4.79 Å². The predicted octanol–water partition coefficient (Wildman–Crippen LogP) is 2.23. The molecule has 0 aliphatic carbocycles. The first kappa shape index (κ1) is 11.3. The van der Waals surface area contributed by atoms with E-state index in [2.05, 4.69) is 26.1 Å². The summed E-state index contributed by atoms with van der Waals surface area (Å²) in [5.74, 6) is 0.557. The smallest absolute Gasteiger partial charge is 0.317 e. The van der Waals surface area contributed by atoms with Crippen molar-refractivity contribution in [3.63, 3.8) is 0 Å². The molecule has 0 bridgehead atoms. The number of likely N-dealkylation sites (tertiary alicyclic amines) is 1. The van der Waals surface area contributed by atoms with Crippen LogP contribution in [-0.2, 0) is 0 Å². The standard InChI is InChI=1S/C11H22N2O/c1-4-9(2)10(3)12-11(14)13-7-5-6-8-13/h9-10H,4-8H2,1-3H3,(H,12,14). The predicted molar refractivity (Wildman–Crippen MR) is 58.3 cm³/mol. The third-order valence-electron chi connectivity index (χ3n) is 3.24. The molecular formula is C11H22N2O. The number of nitrogens with one attached hydrogen (secondary N) is 1. The van der Waals surface area contributed by atoms with Gasteiger partial charge in [-0.25, -0.2) is 4.79 Å². The van der Waals surface area contributed by atoms with Crippen molar-refractivity contribution in [2.75, 3.05) is 13.1 Å². The zero-order valence-electron chi connectivity index (χ0n) is 9.55. The molecule has 1 fully saturated rings. The third-order valence-corrected chi connectivity index (χ3v) is 3.24. The zero-order valence-corrected chi connectivity index (χ0v) is 9.55. The molecule has 1 heterocycles. The molecule has 0 saturated carbocycles. The Morgan fingerprint density at radius 3 is 2.43 bits per heavy atom. The molecule has 1 aliphatic heterocycles. The van der Waals surface area contributed by atoms with Crippen molar-refractivity contribution in [2.45, 2.75) is 46.1 Å². The summed E-state index contributed by atoms with van der Waals surface area (Å²) in [5, 5.41) is 3.06. The summed E-state index contributed by atoms with van der Waals surface area (Å²) in [7, 11) is 0. The molecule has 14 heavy (non-hydrogen) atoms. The van der Waals surface area contributed by atoms with Crippen LogP contribution in [0.2, 0.25) is 0 Å². The minimum absolute atomic E-state index is 0.121.